The molecule has 0 aliphatic carbocycles. The average molecular weight is 358 g/mol. The summed E-state index contributed by atoms with van der Waals surface area (Å²) < 4.78 is 0. The average Bonchev–Trinajstić information content (AvgIpc) is 2.73. The second-order valence-electron chi connectivity index (χ2n) is 6.19. The van der Waals surface area contributed by atoms with Crippen molar-refractivity contribution in [3.8, 4) is 0 Å². The first-order valence-electron chi connectivity index (χ1n) is 9.02. The monoisotopic (exact) mass is 358 g/mol. The van der Waals surface area contributed by atoms with Crippen LogP contribution in [0.2, 0.25) is 0 Å². The third-order valence-electron chi connectivity index (χ3n) is 4.16. The van der Waals surface area contributed by atoms with Crippen LogP contribution in [-0.2, 0) is 0 Å². The van der Waals surface area contributed by atoms with Gasteiger partial charge in [-0.15, -0.1) is 0 Å². The normalized spacial score (nSPS) is 10.3. The molecule has 3 aromatic rings. The molecule has 0 radical (unpaired) electrons. The van der Waals surface area contributed by atoms with E-state index in [4.69, 9.17) is 0 Å². The van der Waals surface area contributed by atoms with Gasteiger partial charge in [0.2, 0.25) is 0 Å². The number of nitrogens with one attached hydrogen (secondary N) is 1. The van der Waals surface area contributed by atoms with Crippen LogP contribution in [-0.4, -0.2) is 18.4 Å². The second kappa shape index (κ2) is 8.81. The zero-order valence-corrected chi connectivity index (χ0v) is 15.3. The smallest absolute Gasteiger partial charge is 0.258 e. The summed E-state index contributed by atoms with van der Waals surface area (Å²) in [5, 5.41) is 2.90. The molecular weight excluding hydrogens is 336 g/mol. The lowest BCUT2D eigenvalue weighted by atomic mass is 10.1. The Labute approximate surface area is 159 Å². The van der Waals surface area contributed by atoms with Crippen LogP contribution in [0.5, 0.6) is 0 Å². The van der Waals surface area contributed by atoms with Gasteiger partial charge in [-0.1, -0.05) is 49.4 Å². The molecule has 0 heterocycles. The van der Waals surface area contributed by atoms with Crippen molar-refractivity contribution < 1.29 is 9.59 Å². The Morgan fingerprint density at radius 3 is 2.07 bits per heavy atom. The van der Waals surface area contributed by atoms with E-state index in [1.54, 1.807) is 17.0 Å². The van der Waals surface area contributed by atoms with E-state index in [0.29, 0.717) is 23.4 Å². The first-order valence-corrected chi connectivity index (χ1v) is 9.02. The predicted octanol–water partition coefficient (Wildman–Crippen LogP) is 5.00. The van der Waals surface area contributed by atoms with Gasteiger partial charge in [0.25, 0.3) is 11.8 Å². The molecule has 0 aliphatic rings. The maximum absolute atomic E-state index is 12.9. The predicted molar refractivity (Wildman–Crippen MR) is 109 cm³/mol. The Morgan fingerprint density at radius 1 is 0.815 bits per heavy atom. The number of rotatable bonds is 6. The number of hydrogen-bond donors (Lipinski definition) is 1. The molecule has 136 valence electrons. The quantitative estimate of drug-likeness (QED) is 0.674. The summed E-state index contributed by atoms with van der Waals surface area (Å²) >= 11 is 0. The molecule has 4 heteroatoms. The fourth-order valence-corrected chi connectivity index (χ4v) is 2.85. The highest BCUT2D eigenvalue weighted by Gasteiger charge is 2.17. The largest absolute Gasteiger partial charge is 0.322 e. The fourth-order valence-electron chi connectivity index (χ4n) is 2.85. The van der Waals surface area contributed by atoms with E-state index in [-0.39, 0.29) is 11.8 Å². The first kappa shape index (κ1) is 18.4. The molecule has 0 unspecified atom stereocenters. The fraction of sp³-hybridized carbons (Fsp3) is 0.130. The van der Waals surface area contributed by atoms with Crippen LogP contribution in [0.25, 0.3) is 0 Å². The van der Waals surface area contributed by atoms with Crippen molar-refractivity contribution >= 4 is 23.2 Å². The van der Waals surface area contributed by atoms with Crippen LogP contribution in [0.1, 0.15) is 34.1 Å². The molecule has 3 rings (SSSR count). The van der Waals surface area contributed by atoms with Gasteiger partial charge in [-0.2, -0.15) is 0 Å². The molecule has 1 N–H and O–H groups in total. The van der Waals surface area contributed by atoms with Gasteiger partial charge in [0, 0.05) is 29.0 Å². The Kier molecular flexibility index (Phi) is 6.00. The third-order valence-corrected chi connectivity index (χ3v) is 4.16. The van der Waals surface area contributed by atoms with Gasteiger partial charge < -0.3 is 10.2 Å². The summed E-state index contributed by atoms with van der Waals surface area (Å²) in [7, 11) is 0. The number of amides is 2. The summed E-state index contributed by atoms with van der Waals surface area (Å²) in [5.74, 6) is -0.229. The van der Waals surface area contributed by atoms with E-state index in [1.807, 2.05) is 79.7 Å². The number of hydrogen-bond acceptors (Lipinski definition) is 2. The molecule has 0 saturated carbocycles. The van der Waals surface area contributed by atoms with Gasteiger partial charge in [-0.3, -0.25) is 9.59 Å². The highest BCUT2D eigenvalue weighted by molar-refractivity contribution is 6.07. The van der Waals surface area contributed by atoms with Crippen molar-refractivity contribution in [2.75, 3.05) is 16.8 Å². The van der Waals surface area contributed by atoms with Gasteiger partial charge in [0.05, 0.1) is 0 Å². The van der Waals surface area contributed by atoms with Crippen molar-refractivity contribution in [1.82, 2.24) is 0 Å². The lowest BCUT2D eigenvalue weighted by Crippen LogP contribution is -2.31. The molecule has 3 aromatic carbocycles. The van der Waals surface area contributed by atoms with Gasteiger partial charge in [0.1, 0.15) is 0 Å². The minimum atomic E-state index is -0.177. The Morgan fingerprint density at radius 2 is 1.44 bits per heavy atom. The lowest BCUT2D eigenvalue weighted by Gasteiger charge is -2.23. The van der Waals surface area contributed by atoms with Crippen molar-refractivity contribution in [3.05, 3.63) is 96.1 Å². The molecule has 0 saturated heterocycles. The van der Waals surface area contributed by atoms with Crippen molar-refractivity contribution in [3.63, 3.8) is 0 Å². The molecule has 4 nitrogen and oxygen atoms in total. The number of carbonyl (C=O) groups excluding carboxylic acids is 2. The maximum Gasteiger partial charge on any atom is 0.258 e. The molecular formula is C23H22N2O2. The topological polar surface area (TPSA) is 49.4 Å². The molecule has 0 aromatic heterocycles. The van der Waals surface area contributed by atoms with Crippen LogP contribution in [0, 0.1) is 0 Å². The summed E-state index contributed by atoms with van der Waals surface area (Å²) in [6, 6.07) is 25.7. The summed E-state index contributed by atoms with van der Waals surface area (Å²) in [6.45, 7) is 2.64. The Balaban J connectivity index is 1.83. The van der Waals surface area contributed by atoms with Crippen LogP contribution in [0.3, 0.4) is 0 Å². The standard InChI is InChI=1S/C23H22N2O2/c1-2-16-25(23(27)19-12-7-4-8-13-19)21-15-9-14-20(17-21)24-22(26)18-10-5-3-6-11-18/h3-15,17H,2,16H2,1H3,(H,24,26). The third kappa shape index (κ3) is 4.61. The highest BCUT2D eigenvalue weighted by atomic mass is 16.2. The zero-order chi connectivity index (χ0) is 19.1. The van der Waals surface area contributed by atoms with Crippen LogP contribution >= 0.6 is 0 Å². The molecule has 0 aliphatic heterocycles. The lowest BCUT2D eigenvalue weighted by molar-refractivity contribution is 0.0985. The Hall–Kier alpha value is -3.40. The van der Waals surface area contributed by atoms with Gasteiger partial charge in [-0.05, 0) is 48.9 Å². The van der Waals surface area contributed by atoms with Gasteiger partial charge in [-0.25, -0.2) is 0 Å². The molecule has 0 spiro atoms. The van der Waals surface area contributed by atoms with E-state index in [9.17, 15) is 9.59 Å². The van der Waals surface area contributed by atoms with Crippen LogP contribution < -0.4 is 10.2 Å². The molecule has 0 bridgehead atoms. The summed E-state index contributed by atoms with van der Waals surface area (Å²) in [5.41, 5.74) is 2.65. The number of carbonyl (C=O) groups is 2. The maximum atomic E-state index is 12.9. The molecule has 0 fully saturated rings. The molecule has 2 amide bonds. The van der Waals surface area contributed by atoms with E-state index in [2.05, 4.69) is 5.32 Å². The Bertz CT molecular complexity index is 908. The SMILES string of the molecule is CCCN(C(=O)c1ccccc1)c1cccc(NC(=O)c2ccccc2)c1. The van der Waals surface area contributed by atoms with E-state index in [0.717, 1.165) is 12.1 Å². The number of nitrogens with zero attached hydrogens (tertiary/aromatic N) is 1. The van der Waals surface area contributed by atoms with Crippen molar-refractivity contribution in [2.45, 2.75) is 13.3 Å². The first-order chi connectivity index (χ1) is 13.2. The highest BCUT2D eigenvalue weighted by Crippen LogP contribution is 2.22. The molecule has 0 atom stereocenters. The van der Waals surface area contributed by atoms with Gasteiger partial charge in [0.15, 0.2) is 0 Å². The minimum Gasteiger partial charge on any atom is -0.322 e. The van der Waals surface area contributed by atoms with Crippen molar-refractivity contribution in [2.24, 2.45) is 0 Å². The van der Waals surface area contributed by atoms with Crippen LogP contribution in [0.4, 0.5) is 11.4 Å². The van der Waals surface area contributed by atoms with E-state index < -0.39 is 0 Å². The van der Waals surface area contributed by atoms with E-state index >= 15 is 0 Å². The van der Waals surface area contributed by atoms with Crippen molar-refractivity contribution in [1.29, 1.82) is 0 Å². The summed E-state index contributed by atoms with van der Waals surface area (Å²) in [4.78, 5) is 27.1. The van der Waals surface area contributed by atoms with Gasteiger partial charge >= 0.3 is 0 Å². The van der Waals surface area contributed by atoms with E-state index in [1.165, 1.54) is 0 Å². The molecule has 27 heavy (non-hydrogen) atoms. The minimum absolute atomic E-state index is 0.0519. The number of benzene rings is 3. The van der Waals surface area contributed by atoms with Crippen LogP contribution in [0.15, 0.2) is 84.9 Å². The zero-order valence-electron chi connectivity index (χ0n) is 15.3. The number of anilines is 2. The second-order valence-corrected chi connectivity index (χ2v) is 6.19. The summed E-state index contributed by atoms with van der Waals surface area (Å²) in [6.07, 6.45) is 0.833.